The summed E-state index contributed by atoms with van der Waals surface area (Å²) in [5, 5.41) is 0.415. The monoisotopic (exact) mass is 147 g/mol. The smallest absolute Gasteiger partial charge is 0.0463 e. The molecular weight excluding hydrogens is 134 g/mol. The highest BCUT2D eigenvalue weighted by Gasteiger charge is 2.15. The minimum absolute atomic E-state index is 0.415. The van der Waals surface area contributed by atoms with Gasteiger partial charge in [0.15, 0.2) is 0 Å². The Morgan fingerprint density at radius 1 is 1.67 bits per heavy atom. The number of hydrogen-bond donors (Lipinski definition) is 0. The van der Waals surface area contributed by atoms with Gasteiger partial charge in [0.05, 0.1) is 0 Å². The summed E-state index contributed by atoms with van der Waals surface area (Å²) in [5.74, 6) is 0. The number of hydrogen-bond acceptors (Lipinski definition) is 1. The van der Waals surface area contributed by atoms with E-state index in [4.69, 9.17) is 11.6 Å². The molecule has 2 heteroatoms. The van der Waals surface area contributed by atoms with Crippen molar-refractivity contribution in [2.75, 3.05) is 19.6 Å². The Bertz CT molecular complexity index is 85.0. The Kier molecular flexibility index (Phi) is 2.80. The summed E-state index contributed by atoms with van der Waals surface area (Å²) < 4.78 is 0. The van der Waals surface area contributed by atoms with Crippen molar-refractivity contribution >= 4 is 11.6 Å². The molecule has 0 radical (unpaired) electrons. The van der Waals surface area contributed by atoms with E-state index >= 15 is 0 Å². The average molecular weight is 148 g/mol. The molecule has 0 saturated carbocycles. The molecule has 0 aliphatic carbocycles. The van der Waals surface area contributed by atoms with Crippen LogP contribution in [0.15, 0.2) is 0 Å². The van der Waals surface area contributed by atoms with Gasteiger partial charge in [0.1, 0.15) is 0 Å². The Morgan fingerprint density at radius 2 is 2.44 bits per heavy atom. The summed E-state index contributed by atoms with van der Waals surface area (Å²) >= 11 is 5.95. The molecule has 1 saturated heterocycles. The standard InChI is InChI=1S/C7H14ClN/c1-2-9-5-3-4-7(8)6-9/h7H,2-6H2,1H3/t7-/m0/s1. The minimum Gasteiger partial charge on any atom is -0.302 e. The highest BCUT2D eigenvalue weighted by Crippen LogP contribution is 2.13. The maximum Gasteiger partial charge on any atom is 0.0463 e. The van der Waals surface area contributed by atoms with Crippen molar-refractivity contribution in [3.63, 3.8) is 0 Å². The van der Waals surface area contributed by atoms with E-state index in [2.05, 4.69) is 11.8 Å². The first-order valence-corrected chi connectivity index (χ1v) is 4.13. The summed E-state index contributed by atoms with van der Waals surface area (Å²) in [4.78, 5) is 2.40. The summed E-state index contributed by atoms with van der Waals surface area (Å²) in [6, 6.07) is 0. The van der Waals surface area contributed by atoms with Gasteiger partial charge >= 0.3 is 0 Å². The molecule has 1 heterocycles. The van der Waals surface area contributed by atoms with Gasteiger partial charge in [-0.05, 0) is 25.9 Å². The van der Waals surface area contributed by atoms with Gasteiger partial charge in [0, 0.05) is 11.9 Å². The Labute approximate surface area is 62.0 Å². The number of halogens is 1. The fourth-order valence-electron chi connectivity index (χ4n) is 1.29. The Morgan fingerprint density at radius 3 is 2.89 bits per heavy atom. The van der Waals surface area contributed by atoms with E-state index in [0.29, 0.717) is 5.38 Å². The van der Waals surface area contributed by atoms with Gasteiger partial charge in [-0.1, -0.05) is 6.92 Å². The second-order valence-corrected chi connectivity index (χ2v) is 3.25. The van der Waals surface area contributed by atoms with Gasteiger partial charge in [0.2, 0.25) is 0 Å². The normalized spacial score (nSPS) is 30.7. The molecule has 1 rings (SSSR count). The molecule has 0 aromatic heterocycles. The molecule has 1 nitrogen and oxygen atoms in total. The highest BCUT2D eigenvalue weighted by atomic mass is 35.5. The average Bonchev–Trinajstić information content (AvgIpc) is 1.88. The zero-order valence-corrected chi connectivity index (χ0v) is 6.69. The zero-order valence-electron chi connectivity index (χ0n) is 5.94. The van der Waals surface area contributed by atoms with Gasteiger partial charge in [-0.15, -0.1) is 11.6 Å². The van der Waals surface area contributed by atoms with Crippen LogP contribution in [0, 0.1) is 0 Å². The molecule has 0 aromatic rings. The van der Waals surface area contributed by atoms with E-state index in [-0.39, 0.29) is 0 Å². The third kappa shape index (κ3) is 2.15. The van der Waals surface area contributed by atoms with E-state index in [9.17, 15) is 0 Å². The van der Waals surface area contributed by atoms with Gasteiger partial charge < -0.3 is 4.90 Å². The van der Waals surface area contributed by atoms with Crippen LogP contribution in [0.5, 0.6) is 0 Å². The van der Waals surface area contributed by atoms with Crippen molar-refractivity contribution in [1.82, 2.24) is 4.90 Å². The van der Waals surface area contributed by atoms with Crippen LogP contribution in [-0.4, -0.2) is 29.9 Å². The number of alkyl halides is 1. The lowest BCUT2D eigenvalue weighted by Crippen LogP contribution is -2.35. The third-order valence-corrected chi connectivity index (χ3v) is 2.25. The van der Waals surface area contributed by atoms with Crippen LogP contribution in [0.25, 0.3) is 0 Å². The van der Waals surface area contributed by atoms with Crippen molar-refractivity contribution < 1.29 is 0 Å². The second kappa shape index (κ2) is 3.43. The first-order chi connectivity index (χ1) is 4.33. The quantitative estimate of drug-likeness (QED) is 0.511. The molecule has 0 N–H and O–H groups in total. The summed E-state index contributed by atoms with van der Waals surface area (Å²) in [6.45, 7) is 5.69. The first-order valence-electron chi connectivity index (χ1n) is 3.69. The number of nitrogens with zero attached hydrogens (tertiary/aromatic N) is 1. The molecule has 1 atom stereocenters. The van der Waals surface area contributed by atoms with Crippen molar-refractivity contribution in [2.24, 2.45) is 0 Å². The van der Waals surface area contributed by atoms with Crippen LogP contribution in [0.4, 0.5) is 0 Å². The Balaban J connectivity index is 2.23. The van der Waals surface area contributed by atoms with E-state index in [1.54, 1.807) is 0 Å². The van der Waals surface area contributed by atoms with Crippen molar-refractivity contribution in [3.05, 3.63) is 0 Å². The molecule has 1 aliphatic rings. The van der Waals surface area contributed by atoms with Gasteiger partial charge in [-0.25, -0.2) is 0 Å². The fourth-order valence-corrected chi connectivity index (χ4v) is 1.64. The molecule has 54 valence electrons. The predicted octanol–water partition coefficient (Wildman–Crippen LogP) is 1.71. The van der Waals surface area contributed by atoms with Gasteiger partial charge in [0.25, 0.3) is 0 Å². The SMILES string of the molecule is CCN1CCC[C@H](Cl)C1. The number of rotatable bonds is 1. The lowest BCUT2D eigenvalue weighted by atomic mass is 10.1. The van der Waals surface area contributed by atoms with Crippen LogP contribution in [0.3, 0.4) is 0 Å². The van der Waals surface area contributed by atoms with E-state index < -0.39 is 0 Å². The van der Waals surface area contributed by atoms with Crippen molar-refractivity contribution in [1.29, 1.82) is 0 Å². The van der Waals surface area contributed by atoms with Crippen molar-refractivity contribution in [3.8, 4) is 0 Å². The molecule has 0 spiro atoms. The lowest BCUT2D eigenvalue weighted by molar-refractivity contribution is 0.243. The summed E-state index contributed by atoms with van der Waals surface area (Å²) in [7, 11) is 0. The zero-order chi connectivity index (χ0) is 6.69. The highest BCUT2D eigenvalue weighted by molar-refractivity contribution is 6.20. The Hall–Kier alpha value is 0.250. The molecule has 9 heavy (non-hydrogen) atoms. The molecule has 0 aromatic carbocycles. The van der Waals surface area contributed by atoms with Crippen LogP contribution in [-0.2, 0) is 0 Å². The molecule has 1 fully saturated rings. The minimum atomic E-state index is 0.415. The summed E-state index contributed by atoms with van der Waals surface area (Å²) in [5.41, 5.74) is 0. The van der Waals surface area contributed by atoms with E-state index in [1.807, 2.05) is 0 Å². The molecule has 0 bridgehead atoms. The number of piperidine rings is 1. The fraction of sp³-hybridized carbons (Fsp3) is 1.00. The van der Waals surface area contributed by atoms with E-state index in [0.717, 1.165) is 13.1 Å². The topological polar surface area (TPSA) is 3.24 Å². The van der Waals surface area contributed by atoms with Gasteiger partial charge in [-0.2, -0.15) is 0 Å². The molecule has 0 unspecified atom stereocenters. The van der Waals surface area contributed by atoms with Crippen LogP contribution >= 0.6 is 11.6 Å². The second-order valence-electron chi connectivity index (χ2n) is 2.63. The third-order valence-electron chi connectivity index (χ3n) is 1.90. The molecule has 1 aliphatic heterocycles. The largest absolute Gasteiger partial charge is 0.302 e. The van der Waals surface area contributed by atoms with Crippen LogP contribution < -0.4 is 0 Å². The first kappa shape index (κ1) is 7.36. The maximum atomic E-state index is 5.95. The summed E-state index contributed by atoms with van der Waals surface area (Å²) in [6.07, 6.45) is 2.49. The van der Waals surface area contributed by atoms with Gasteiger partial charge in [-0.3, -0.25) is 0 Å². The van der Waals surface area contributed by atoms with Crippen LogP contribution in [0.1, 0.15) is 19.8 Å². The molecule has 0 amide bonds. The predicted molar refractivity (Wildman–Crippen MR) is 41.0 cm³/mol. The van der Waals surface area contributed by atoms with Crippen LogP contribution in [0.2, 0.25) is 0 Å². The molecular formula is C7H14ClN. The number of likely N-dealkylation sites (tertiary alicyclic amines) is 1. The van der Waals surface area contributed by atoms with E-state index in [1.165, 1.54) is 19.4 Å². The lowest BCUT2D eigenvalue weighted by Gasteiger charge is -2.28. The maximum absolute atomic E-state index is 5.95. The van der Waals surface area contributed by atoms with Crippen molar-refractivity contribution in [2.45, 2.75) is 25.1 Å².